The Morgan fingerprint density at radius 1 is 1.35 bits per heavy atom. The standard InChI is InChI=1S/C17H23ClN2O3/c1-16(2,3)23-15(21)20-12-5-6-13(20)9-17(22,8-12)11-4-7-14(18)19-10-11/h4,7,10,12-13,22H,5-6,8-9H2,1-3H3/t12-,13+,17?. The lowest BCUT2D eigenvalue weighted by atomic mass is 9.81. The summed E-state index contributed by atoms with van der Waals surface area (Å²) in [6.45, 7) is 5.60. The zero-order valence-electron chi connectivity index (χ0n) is 13.8. The van der Waals surface area contributed by atoms with Gasteiger partial charge in [0.25, 0.3) is 0 Å². The quantitative estimate of drug-likeness (QED) is 0.796. The van der Waals surface area contributed by atoms with Crippen LogP contribution in [0.3, 0.4) is 0 Å². The molecule has 0 radical (unpaired) electrons. The Labute approximate surface area is 141 Å². The molecule has 2 bridgehead atoms. The Kier molecular flexibility index (Phi) is 4.05. The van der Waals surface area contributed by atoms with Gasteiger partial charge >= 0.3 is 6.09 Å². The van der Waals surface area contributed by atoms with Crippen molar-refractivity contribution in [3.05, 3.63) is 29.0 Å². The molecular weight excluding hydrogens is 316 g/mol. The summed E-state index contributed by atoms with van der Waals surface area (Å²) in [5.74, 6) is 0. The number of aliphatic hydroxyl groups is 1. The SMILES string of the molecule is CC(C)(C)OC(=O)N1[C@@H]2CC[C@H]1CC(O)(c1ccc(Cl)nc1)C2. The fourth-order valence-electron chi connectivity index (χ4n) is 3.72. The van der Waals surface area contributed by atoms with Crippen LogP contribution in [-0.2, 0) is 10.3 Å². The Morgan fingerprint density at radius 3 is 2.43 bits per heavy atom. The van der Waals surface area contributed by atoms with E-state index in [1.54, 1.807) is 12.3 Å². The lowest BCUT2D eigenvalue weighted by Gasteiger charge is -2.44. The van der Waals surface area contributed by atoms with E-state index in [4.69, 9.17) is 16.3 Å². The van der Waals surface area contributed by atoms with E-state index in [1.807, 2.05) is 31.7 Å². The zero-order chi connectivity index (χ0) is 16.8. The van der Waals surface area contributed by atoms with E-state index in [2.05, 4.69) is 4.98 Å². The lowest BCUT2D eigenvalue weighted by molar-refractivity contribution is -0.0625. The van der Waals surface area contributed by atoms with E-state index in [1.165, 1.54) is 0 Å². The summed E-state index contributed by atoms with van der Waals surface area (Å²) in [7, 11) is 0. The average Bonchev–Trinajstić information content (AvgIpc) is 2.71. The van der Waals surface area contributed by atoms with Crippen LogP contribution < -0.4 is 0 Å². The van der Waals surface area contributed by atoms with Gasteiger partial charge in [0.2, 0.25) is 0 Å². The van der Waals surface area contributed by atoms with Crippen LogP contribution in [0.4, 0.5) is 4.79 Å². The summed E-state index contributed by atoms with van der Waals surface area (Å²) >= 11 is 5.83. The van der Waals surface area contributed by atoms with E-state index in [-0.39, 0.29) is 18.2 Å². The van der Waals surface area contributed by atoms with Crippen LogP contribution in [0.15, 0.2) is 18.3 Å². The van der Waals surface area contributed by atoms with E-state index in [0.717, 1.165) is 18.4 Å². The highest BCUT2D eigenvalue weighted by Crippen LogP contribution is 2.46. The highest BCUT2D eigenvalue weighted by molar-refractivity contribution is 6.29. The van der Waals surface area contributed by atoms with Gasteiger partial charge in [0.05, 0.1) is 5.60 Å². The third kappa shape index (κ3) is 3.31. The fourth-order valence-corrected chi connectivity index (χ4v) is 3.84. The summed E-state index contributed by atoms with van der Waals surface area (Å²) in [4.78, 5) is 18.4. The number of aromatic nitrogens is 1. The van der Waals surface area contributed by atoms with Crippen molar-refractivity contribution in [3.8, 4) is 0 Å². The Bertz CT molecular complexity index is 583. The lowest BCUT2D eigenvalue weighted by Crippen LogP contribution is -2.53. The normalized spacial score (nSPS) is 30.4. The topological polar surface area (TPSA) is 62.7 Å². The molecule has 6 heteroatoms. The minimum Gasteiger partial charge on any atom is -0.444 e. The van der Waals surface area contributed by atoms with E-state index in [0.29, 0.717) is 18.0 Å². The summed E-state index contributed by atoms with van der Waals surface area (Å²) in [5, 5.41) is 11.5. The molecule has 2 fully saturated rings. The van der Waals surface area contributed by atoms with Crippen molar-refractivity contribution in [2.75, 3.05) is 0 Å². The largest absolute Gasteiger partial charge is 0.444 e. The first-order valence-corrected chi connectivity index (χ1v) is 8.41. The van der Waals surface area contributed by atoms with Crippen LogP contribution in [0.2, 0.25) is 5.15 Å². The van der Waals surface area contributed by atoms with Crippen molar-refractivity contribution in [1.82, 2.24) is 9.88 Å². The number of hydrogen-bond acceptors (Lipinski definition) is 4. The van der Waals surface area contributed by atoms with Crippen molar-refractivity contribution >= 4 is 17.7 Å². The van der Waals surface area contributed by atoms with E-state index >= 15 is 0 Å². The van der Waals surface area contributed by atoms with Crippen LogP contribution in [0.1, 0.15) is 52.0 Å². The Balaban J connectivity index is 1.79. The average molecular weight is 339 g/mol. The second-order valence-corrected chi connectivity index (χ2v) is 7.97. The molecule has 1 aromatic rings. The molecule has 3 atom stereocenters. The molecule has 0 aromatic carbocycles. The molecule has 5 nitrogen and oxygen atoms in total. The molecular formula is C17H23ClN2O3. The number of fused-ring (bicyclic) bond motifs is 2. The van der Waals surface area contributed by atoms with Crippen LogP contribution in [0, 0.1) is 0 Å². The number of halogens is 1. The number of amides is 1. The number of rotatable bonds is 1. The predicted octanol–water partition coefficient (Wildman–Crippen LogP) is 3.48. The van der Waals surface area contributed by atoms with Crippen LogP contribution in [0.5, 0.6) is 0 Å². The number of hydrogen-bond donors (Lipinski definition) is 1. The minimum atomic E-state index is -0.956. The molecule has 1 aromatic heterocycles. The van der Waals surface area contributed by atoms with Gasteiger partial charge in [0.1, 0.15) is 10.8 Å². The number of carbonyl (C=O) groups is 1. The van der Waals surface area contributed by atoms with Crippen molar-refractivity contribution in [2.45, 2.75) is 69.7 Å². The fraction of sp³-hybridized carbons (Fsp3) is 0.647. The summed E-state index contributed by atoms with van der Waals surface area (Å²) in [5.41, 5.74) is -0.700. The molecule has 0 saturated carbocycles. The molecule has 2 aliphatic heterocycles. The monoisotopic (exact) mass is 338 g/mol. The molecule has 3 rings (SSSR count). The molecule has 2 aliphatic rings. The summed E-state index contributed by atoms with van der Waals surface area (Å²) in [6, 6.07) is 3.52. The predicted molar refractivity (Wildman–Crippen MR) is 87.3 cm³/mol. The molecule has 2 saturated heterocycles. The van der Waals surface area contributed by atoms with Gasteiger partial charge in [-0.25, -0.2) is 9.78 Å². The van der Waals surface area contributed by atoms with Crippen LogP contribution in [0.25, 0.3) is 0 Å². The highest BCUT2D eigenvalue weighted by atomic mass is 35.5. The minimum absolute atomic E-state index is 0.00396. The van der Waals surface area contributed by atoms with Crippen molar-refractivity contribution in [2.24, 2.45) is 0 Å². The Hall–Kier alpha value is -1.33. The van der Waals surface area contributed by atoms with Crippen molar-refractivity contribution in [1.29, 1.82) is 0 Å². The first-order chi connectivity index (χ1) is 10.7. The van der Waals surface area contributed by atoms with Gasteiger partial charge in [-0.3, -0.25) is 0 Å². The number of nitrogens with zero attached hydrogens (tertiary/aromatic N) is 2. The number of pyridine rings is 1. The zero-order valence-corrected chi connectivity index (χ0v) is 14.5. The molecule has 3 heterocycles. The number of carbonyl (C=O) groups excluding carboxylic acids is 1. The maximum absolute atomic E-state index is 12.5. The van der Waals surface area contributed by atoms with E-state index in [9.17, 15) is 9.90 Å². The number of ether oxygens (including phenoxy) is 1. The molecule has 0 spiro atoms. The maximum atomic E-state index is 12.5. The second kappa shape index (κ2) is 5.64. The van der Waals surface area contributed by atoms with Crippen molar-refractivity contribution < 1.29 is 14.6 Å². The molecule has 1 unspecified atom stereocenters. The number of piperidine rings is 1. The van der Waals surface area contributed by atoms with Gasteiger partial charge in [-0.05, 0) is 39.7 Å². The first-order valence-electron chi connectivity index (χ1n) is 8.04. The second-order valence-electron chi connectivity index (χ2n) is 7.58. The van der Waals surface area contributed by atoms with Crippen LogP contribution in [-0.4, -0.2) is 38.8 Å². The molecule has 23 heavy (non-hydrogen) atoms. The Morgan fingerprint density at radius 2 is 1.96 bits per heavy atom. The van der Waals surface area contributed by atoms with Gasteiger partial charge in [-0.2, -0.15) is 0 Å². The maximum Gasteiger partial charge on any atom is 0.410 e. The van der Waals surface area contributed by atoms with Crippen molar-refractivity contribution in [3.63, 3.8) is 0 Å². The third-order valence-electron chi connectivity index (χ3n) is 4.64. The van der Waals surface area contributed by atoms with E-state index < -0.39 is 11.2 Å². The smallest absolute Gasteiger partial charge is 0.410 e. The van der Waals surface area contributed by atoms with Gasteiger partial charge in [0, 0.05) is 36.7 Å². The third-order valence-corrected chi connectivity index (χ3v) is 4.86. The summed E-state index contributed by atoms with van der Waals surface area (Å²) in [6.07, 6.45) is 4.16. The van der Waals surface area contributed by atoms with Gasteiger partial charge < -0.3 is 14.7 Å². The van der Waals surface area contributed by atoms with Gasteiger partial charge in [-0.15, -0.1) is 0 Å². The first kappa shape index (κ1) is 16.5. The van der Waals surface area contributed by atoms with Gasteiger partial charge in [-0.1, -0.05) is 17.7 Å². The molecule has 1 N–H and O–H groups in total. The molecule has 1 amide bonds. The molecule has 0 aliphatic carbocycles. The summed E-state index contributed by atoms with van der Waals surface area (Å²) < 4.78 is 5.52. The highest BCUT2D eigenvalue weighted by Gasteiger charge is 2.51. The van der Waals surface area contributed by atoms with Gasteiger partial charge in [0.15, 0.2) is 0 Å². The van der Waals surface area contributed by atoms with Crippen LogP contribution >= 0.6 is 11.6 Å². The molecule has 126 valence electrons.